The highest BCUT2D eigenvalue weighted by atomic mass is 16.5. The van der Waals surface area contributed by atoms with E-state index in [0.717, 1.165) is 0 Å². The van der Waals surface area contributed by atoms with Crippen LogP contribution in [-0.4, -0.2) is 34.4 Å². The fourth-order valence-corrected chi connectivity index (χ4v) is 1.72. The molecule has 0 spiro atoms. The van der Waals surface area contributed by atoms with Crippen LogP contribution in [0, 0.1) is 0 Å². The zero-order chi connectivity index (χ0) is 15.9. The number of hydrazone groups is 1. The predicted octanol–water partition coefficient (Wildman–Crippen LogP) is 1.05. The maximum absolute atomic E-state index is 11.9. The molecule has 3 N–H and O–H groups in total. The summed E-state index contributed by atoms with van der Waals surface area (Å²) in [5.41, 5.74) is 3.23. The Labute approximate surface area is 126 Å². The number of pyridine rings is 1. The number of para-hydroxylation sites is 1. The number of phenolic OH excluding ortho intramolecular Hbond substituents is 1. The van der Waals surface area contributed by atoms with Crippen LogP contribution in [0.4, 0.5) is 0 Å². The van der Waals surface area contributed by atoms with Crippen molar-refractivity contribution >= 4 is 12.1 Å². The van der Waals surface area contributed by atoms with Gasteiger partial charge in [-0.25, -0.2) is 10.4 Å². The number of phenols is 1. The summed E-state index contributed by atoms with van der Waals surface area (Å²) in [6.07, 6.45) is 1.30. The maximum Gasteiger partial charge on any atom is 0.289 e. The summed E-state index contributed by atoms with van der Waals surface area (Å²) in [5.74, 6) is -0.273. The number of hydrogen-bond acceptors (Lipinski definition) is 6. The van der Waals surface area contributed by atoms with Crippen LogP contribution < -0.4 is 10.2 Å². The second-order valence-corrected chi connectivity index (χ2v) is 4.27. The molecular formula is C15H15N3O4. The minimum atomic E-state index is -0.520. The van der Waals surface area contributed by atoms with E-state index in [9.17, 15) is 9.90 Å². The molecule has 2 aromatic rings. The van der Waals surface area contributed by atoms with E-state index in [1.165, 1.54) is 19.4 Å². The van der Waals surface area contributed by atoms with Crippen LogP contribution in [-0.2, 0) is 6.61 Å². The number of aromatic hydroxyl groups is 1. The molecule has 2 rings (SSSR count). The summed E-state index contributed by atoms with van der Waals surface area (Å²) >= 11 is 0. The van der Waals surface area contributed by atoms with E-state index in [1.54, 1.807) is 30.3 Å². The summed E-state index contributed by atoms with van der Waals surface area (Å²) in [6.45, 7) is -0.248. The standard InChI is InChI=1S/C15H15N3O4/c1-22-13-7-2-4-10(14(13)20)8-16-18-15(21)12-6-3-5-11(9-19)17-12/h2-8,19-20H,9H2,1H3,(H,18,21). The first kappa shape index (κ1) is 15.5. The Morgan fingerprint density at radius 2 is 2.14 bits per heavy atom. The largest absolute Gasteiger partial charge is 0.504 e. The van der Waals surface area contributed by atoms with Crippen molar-refractivity contribution in [1.29, 1.82) is 0 Å². The van der Waals surface area contributed by atoms with Gasteiger partial charge in [-0.05, 0) is 24.3 Å². The number of aliphatic hydroxyl groups is 1. The molecule has 114 valence electrons. The van der Waals surface area contributed by atoms with Crippen molar-refractivity contribution in [2.45, 2.75) is 6.61 Å². The number of nitrogens with one attached hydrogen (secondary N) is 1. The van der Waals surface area contributed by atoms with Crippen LogP contribution in [0.5, 0.6) is 11.5 Å². The summed E-state index contributed by atoms with van der Waals surface area (Å²) in [5, 5.41) is 22.6. The van der Waals surface area contributed by atoms with E-state index in [4.69, 9.17) is 9.84 Å². The van der Waals surface area contributed by atoms with E-state index in [-0.39, 0.29) is 18.1 Å². The second-order valence-electron chi connectivity index (χ2n) is 4.27. The molecule has 7 nitrogen and oxygen atoms in total. The lowest BCUT2D eigenvalue weighted by Gasteiger charge is -2.05. The van der Waals surface area contributed by atoms with Crippen LogP contribution in [0.3, 0.4) is 0 Å². The van der Waals surface area contributed by atoms with Crippen molar-refractivity contribution in [3.05, 3.63) is 53.3 Å². The number of aromatic nitrogens is 1. The van der Waals surface area contributed by atoms with Crippen molar-refractivity contribution in [3.8, 4) is 11.5 Å². The Bertz CT molecular complexity index is 701. The van der Waals surface area contributed by atoms with Gasteiger partial charge in [0.25, 0.3) is 5.91 Å². The number of nitrogens with zero attached hydrogens (tertiary/aromatic N) is 2. The Balaban J connectivity index is 2.07. The van der Waals surface area contributed by atoms with Crippen LogP contribution in [0.15, 0.2) is 41.5 Å². The Kier molecular flexibility index (Phi) is 5.05. The maximum atomic E-state index is 11.9. The molecule has 0 unspecified atom stereocenters. The SMILES string of the molecule is COc1cccc(C=NNC(=O)c2cccc(CO)n2)c1O. The molecule has 1 aromatic carbocycles. The molecule has 0 aliphatic carbocycles. The smallest absolute Gasteiger partial charge is 0.289 e. The zero-order valence-corrected chi connectivity index (χ0v) is 11.9. The molecular weight excluding hydrogens is 286 g/mol. The van der Waals surface area contributed by atoms with Crippen molar-refractivity contribution in [2.24, 2.45) is 5.10 Å². The average molecular weight is 301 g/mol. The number of hydrogen-bond donors (Lipinski definition) is 3. The monoisotopic (exact) mass is 301 g/mol. The zero-order valence-electron chi connectivity index (χ0n) is 11.9. The van der Waals surface area contributed by atoms with Crippen molar-refractivity contribution in [3.63, 3.8) is 0 Å². The lowest BCUT2D eigenvalue weighted by atomic mass is 10.2. The van der Waals surface area contributed by atoms with Gasteiger partial charge in [0.1, 0.15) is 5.69 Å². The van der Waals surface area contributed by atoms with Crippen molar-refractivity contribution < 1.29 is 19.7 Å². The van der Waals surface area contributed by atoms with E-state index in [1.807, 2.05) is 0 Å². The summed E-state index contributed by atoms with van der Waals surface area (Å²) in [4.78, 5) is 15.8. The quantitative estimate of drug-likeness (QED) is 0.565. The van der Waals surface area contributed by atoms with E-state index < -0.39 is 5.91 Å². The Hall–Kier alpha value is -2.93. The molecule has 0 saturated heterocycles. The second kappa shape index (κ2) is 7.19. The van der Waals surface area contributed by atoms with Gasteiger partial charge < -0.3 is 14.9 Å². The predicted molar refractivity (Wildman–Crippen MR) is 79.9 cm³/mol. The van der Waals surface area contributed by atoms with Crippen molar-refractivity contribution in [1.82, 2.24) is 10.4 Å². The topological polar surface area (TPSA) is 104 Å². The summed E-state index contributed by atoms with van der Waals surface area (Å²) in [7, 11) is 1.44. The molecule has 1 aromatic heterocycles. The molecule has 0 atom stereocenters. The molecule has 0 aliphatic heterocycles. The molecule has 22 heavy (non-hydrogen) atoms. The summed E-state index contributed by atoms with van der Waals surface area (Å²) in [6, 6.07) is 9.65. The number of ether oxygens (including phenoxy) is 1. The normalized spacial score (nSPS) is 10.6. The molecule has 0 aliphatic rings. The lowest BCUT2D eigenvalue weighted by Crippen LogP contribution is -2.19. The average Bonchev–Trinajstić information content (AvgIpc) is 2.56. The molecule has 0 radical (unpaired) electrons. The van der Waals surface area contributed by atoms with E-state index in [2.05, 4.69) is 15.5 Å². The molecule has 1 amide bonds. The van der Waals surface area contributed by atoms with Crippen molar-refractivity contribution in [2.75, 3.05) is 7.11 Å². The third-order valence-corrected chi connectivity index (χ3v) is 2.82. The van der Waals surface area contributed by atoms with Gasteiger partial charge in [0, 0.05) is 5.56 Å². The molecule has 0 saturated carbocycles. The van der Waals surface area contributed by atoms with Crippen LogP contribution in [0.25, 0.3) is 0 Å². The van der Waals surface area contributed by atoms with Crippen LogP contribution in [0.1, 0.15) is 21.7 Å². The number of methoxy groups -OCH3 is 1. The first-order chi connectivity index (χ1) is 10.7. The minimum Gasteiger partial charge on any atom is -0.504 e. The lowest BCUT2D eigenvalue weighted by molar-refractivity contribution is 0.0949. The molecule has 0 fully saturated rings. The number of benzene rings is 1. The fraction of sp³-hybridized carbons (Fsp3) is 0.133. The van der Waals surface area contributed by atoms with Gasteiger partial charge in [-0.3, -0.25) is 4.79 Å². The van der Waals surface area contributed by atoms with Crippen LogP contribution >= 0.6 is 0 Å². The van der Waals surface area contributed by atoms with Gasteiger partial charge in [0.15, 0.2) is 11.5 Å². The number of carbonyl (C=O) groups is 1. The Morgan fingerprint density at radius 3 is 2.86 bits per heavy atom. The number of carbonyl (C=O) groups excluding carboxylic acids is 1. The molecule has 1 heterocycles. The third kappa shape index (κ3) is 3.58. The summed E-state index contributed by atoms with van der Waals surface area (Å²) < 4.78 is 4.98. The van der Waals surface area contributed by atoms with Gasteiger partial charge in [-0.2, -0.15) is 5.10 Å². The van der Waals surface area contributed by atoms with E-state index in [0.29, 0.717) is 17.0 Å². The first-order valence-electron chi connectivity index (χ1n) is 6.42. The van der Waals surface area contributed by atoms with Gasteiger partial charge in [0.05, 0.1) is 25.6 Å². The highest BCUT2D eigenvalue weighted by Gasteiger charge is 2.07. The number of rotatable bonds is 5. The molecule has 0 bridgehead atoms. The number of amides is 1. The minimum absolute atomic E-state index is 0.0663. The van der Waals surface area contributed by atoms with Gasteiger partial charge in [0.2, 0.25) is 0 Å². The van der Waals surface area contributed by atoms with E-state index >= 15 is 0 Å². The fourth-order valence-electron chi connectivity index (χ4n) is 1.72. The number of aliphatic hydroxyl groups excluding tert-OH is 1. The Morgan fingerprint density at radius 1 is 1.36 bits per heavy atom. The third-order valence-electron chi connectivity index (χ3n) is 2.82. The van der Waals surface area contributed by atoms with Gasteiger partial charge in [-0.15, -0.1) is 0 Å². The first-order valence-corrected chi connectivity index (χ1v) is 6.42. The van der Waals surface area contributed by atoms with Crippen LogP contribution in [0.2, 0.25) is 0 Å². The van der Waals surface area contributed by atoms with Gasteiger partial charge >= 0.3 is 0 Å². The molecule has 7 heteroatoms. The highest BCUT2D eigenvalue weighted by molar-refractivity contribution is 5.93. The van der Waals surface area contributed by atoms with Gasteiger partial charge in [-0.1, -0.05) is 12.1 Å². The highest BCUT2D eigenvalue weighted by Crippen LogP contribution is 2.27.